The number of ether oxygens (including phenoxy) is 2. The van der Waals surface area contributed by atoms with Crippen LogP contribution in [0.5, 0.6) is 11.5 Å². The minimum Gasteiger partial charge on any atom is -0.497 e. The Balaban J connectivity index is 1.55. The number of hydrogen-bond donors (Lipinski definition) is 2. The molecule has 0 bridgehead atoms. The lowest BCUT2D eigenvalue weighted by atomic mass is 10.2. The fourth-order valence-electron chi connectivity index (χ4n) is 2.51. The maximum absolute atomic E-state index is 12.3. The summed E-state index contributed by atoms with van der Waals surface area (Å²) in [6.07, 6.45) is -0.662. The van der Waals surface area contributed by atoms with E-state index in [2.05, 4.69) is 20.5 Å². The zero-order chi connectivity index (χ0) is 20.1. The molecule has 8 heteroatoms. The first-order valence-corrected chi connectivity index (χ1v) is 9.10. The van der Waals surface area contributed by atoms with Gasteiger partial charge < -0.3 is 14.8 Å². The standard InChI is InChI=1S/C20H21ClN4O3/c1-12-10-16(8-9-17(12)21)28-13(2)20(26)22-11-18-23-19(25-24-18)14-4-6-15(27-3)7-5-14/h4-10,13H,11H2,1-3H3,(H,22,26)(H,23,24,25). The first-order chi connectivity index (χ1) is 13.5. The van der Waals surface area contributed by atoms with E-state index in [1.165, 1.54) is 0 Å². The van der Waals surface area contributed by atoms with Gasteiger partial charge >= 0.3 is 0 Å². The van der Waals surface area contributed by atoms with E-state index in [9.17, 15) is 4.79 Å². The molecule has 28 heavy (non-hydrogen) atoms. The highest BCUT2D eigenvalue weighted by Gasteiger charge is 2.16. The van der Waals surface area contributed by atoms with E-state index in [1.54, 1.807) is 32.2 Å². The number of aryl methyl sites for hydroxylation is 1. The Morgan fingerprint density at radius 1 is 1.21 bits per heavy atom. The molecular formula is C20H21ClN4O3. The summed E-state index contributed by atoms with van der Waals surface area (Å²) in [6.45, 7) is 3.78. The van der Waals surface area contributed by atoms with Crippen LogP contribution >= 0.6 is 11.6 Å². The SMILES string of the molecule is COc1ccc(-c2n[nH]c(CNC(=O)C(C)Oc3ccc(Cl)c(C)c3)n2)cc1. The summed E-state index contributed by atoms with van der Waals surface area (Å²) < 4.78 is 10.8. The summed E-state index contributed by atoms with van der Waals surface area (Å²) >= 11 is 6.00. The lowest BCUT2D eigenvalue weighted by Gasteiger charge is -2.14. The fourth-order valence-corrected chi connectivity index (χ4v) is 2.62. The van der Waals surface area contributed by atoms with Crippen LogP contribution in [-0.4, -0.2) is 34.3 Å². The lowest BCUT2D eigenvalue weighted by Crippen LogP contribution is -2.36. The van der Waals surface area contributed by atoms with Crippen molar-refractivity contribution in [1.82, 2.24) is 20.5 Å². The minimum absolute atomic E-state index is 0.218. The number of amides is 1. The van der Waals surface area contributed by atoms with Crippen molar-refractivity contribution in [2.24, 2.45) is 0 Å². The highest BCUT2D eigenvalue weighted by Crippen LogP contribution is 2.22. The van der Waals surface area contributed by atoms with Crippen LogP contribution in [-0.2, 0) is 11.3 Å². The Morgan fingerprint density at radius 3 is 2.61 bits per heavy atom. The lowest BCUT2D eigenvalue weighted by molar-refractivity contribution is -0.127. The molecule has 1 amide bonds. The molecule has 2 N–H and O–H groups in total. The number of rotatable bonds is 7. The molecule has 0 fully saturated rings. The van der Waals surface area contributed by atoms with Crippen molar-refractivity contribution in [2.75, 3.05) is 7.11 Å². The molecule has 1 atom stereocenters. The van der Waals surface area contributed by atoms with E-state index in [-0.39, 0.29) is 12.5 Å². The van der Waals surface area contributed by atoms with E-state index < -0.39 is 6.10 Å². The van der Waals surface area contributed by atoms with Gasteiger partial charge in [0.25, 0.3) is 5.91 Å². The van der Waals surface area contributed by atoms with Crippen molar-refractivity contribution in [1.29, 1.82) is 0 Å². The van der Waals surface area contributed by atoms with Gasteiger partial charge in [0.2, 0.25) is 0 Å². The molecule has 0 spiro atoms. The fraction of sp³-hybridized carbons (Fsp3) is 0.250. The number of H-pyrrole nitrogens is 1. The Bertz CT molecular complexity index is 956. The van der Waals surface area contributed by atoms with Crippen LogP contribution in [0.1, 0.15) is 18.3 Å². The average Bonchev–Trinajstić information content (AvgIpc) is 3.18. The number of nitrogens with zero attached hydrogens (tertiary/aromatic N) is 2. The van der Waals surface area contributed by atoms with Gasteiger partial charge in [-0.1, -0.05) is 11.6 Å². The molecule has 0 aliphatic heterocycles. The second-order valence-corrected chi connectivity index (χ2v) is 6.63. The molecule has 0 aliphatic rings. The van der Waals surface area contributed by atoms with Crippen LogP contribution < -0.4 is 14.8 Å². The van der Waals surface area contributed by atoms with Gasteiger partial charge in [-0.15, -0.1) is 0 Å². The maximum atomic E-state index is 12.3. The predicted octanol–water partition coefficient (Wildman–Crippen LogP) is 3.53. The van der Waals surface area contributed by atoms with Crippen LogP contribution in [0.3, 0.4) is 0 Å². The largest absolute Gasteiger partial charge is 0.497 e. The van der Waals surface area contributed by atoms with Gasteiger partial charge in [0, 0.05) is 10.6 Å². The second kappa shape index (κ2) is 8.75. The molecule has 0 radical (unpaired) electrons. The van der Waals surface area contributed by atoms with Crippen LogP contribution in [0.4, 0.5) is 0 Å². The number of methoxy groups -OCH3 is 1. The number of carbonyl (C=O) groups is 1. The molecule has 0 saturated carbocycles. The molecule has 7 nitrogen and oxygen atoms in total. The summed E-state index contributed by atoms with van der Waals surface area (Å²) in [5.74, 6) is 2.19. The van der Waals surface area contributed by atoms with E-state index in [4.69, 9.17) is 21.1 Å². The monoisotopic (exact) mass is 400 g/mol. The second-order valence-electron chi connectivity index (χ2n) is 6.22. The molecule has 3 aromatic rings. The first kappa shape index (κ1) is 19.7. The third-order valence-corrected chi connectivity index (χ3v) is 4.55. The number of hydrogen-bond acceptors (Lipinski definition) is 5. The van der Waals surface area contributed by atoms with Gasteiger partial charge in [-0.25, -0.2) is 4.98 Å². The van der Waals surface area contributed by atoms with Crippen molar-refractivity contribution in [3.8, 4) is 22.9 Å². The summed E-state index contributed by atoms with van der Waals surface area (Å²) in [4.78, 5) is 16.7. The molecule has 0 aliphatic carbocycles. The number of halogens is 1. The number of benzene rings is 2. The molecular weight excluding hydrogens is 380 g/mol. The van der Waals surface area contributed by atoms with Gasteiger partial charge in [0.1, 0.15) is 17.3 Å². The molecule has 1 heterocycles. The van der Waals surface area contributed by atoms with E-state index in [0.29, 0.717) is 22.4 Å². The van der Waals surface area contributed by atoms with Crippen molar-refractivity contribution < 1.29 is 14.3 Å². The van der Waals surface area contributed by atoms with Crippen LogP contribution in [0.2, 0.25) is 5.02 Å². The van der Waals surface area contributed by atoms with Gasteiger partial charge in [-0.3, -0.25) is 9.89 Å². The predicted molar refractivity (Wildman–Crippen MR) is 106 cm³/mol. The number of aromatic amines is 1. The van der Waals surface area contributed by atoms with Crippen molar-refractivity contribution >= 4 is 17.5 Å². The van der Waals surface area contributed by atoms with Gasteiger partial charge in [-0.05, 0) is 61.9 Å². The highest BCUT2D eigenvalue weighted by atomic mass is 35.5. The zero-order valence-corrected chi connectivity index (χ0v) is 16.6. The maximum Gasteiger partial charge on any atom is 0.261 e. The van der Waals surface area contributed by atoms with E-state index >= 15 is 0 Å². The van der Waals surface area contributed by atoms with Crippen molar-refractivity contribution in [2.45, 2.75) is 26.5 Å². The van der Waals surface area contributed by atoms with Crippen LogP contribution in [0, 0.1) is 6.92 Å². The molecule has 0 saturated heterocycles. The average molecular weight is 401 g/mol. The Hall–Kier alpha value is -3.06. The summed E-state index contributed by atoms with van der Waals surface area (Å²) in [7, 11) is 1.61. The van der Waals surface area contributed by atoms with E-state index in [0.717, 1.165) is 16.9 Å². The Morgan fingerprint density at radius 2 is 1.93 bits per heavy atom. The van der Waals surface area contributed by atoms with Crippen LogP contribution in [0.15, 0.2) is 42.5 Å². The quantitative estimate of drug-likeness (QED) is 0.633. The molecule has 1 unspecified atom stereocenters. The Labute approximate surface area is 168 Å². The molecule has 2 aromatic carbocycles. The van der Waals surface area contributed by atoms with Gasteiger partial charge in [0.05, 0.1) is 13.7 Å². The number of aromatic nitrogens is 3. The first-order valence-electron chi connectivity index (χ1n) is 8.72. The normalized spacial score (nSPS) is 11.7. The molecule has 146 valence electrons. The topological polar surface area (TPSA) is 89.1 Å². The van der Waals surface area contributed by atoms with Crippen molar-refractivity contribution in [3.63, 3.8) is 0 Å². The summed E-state index contributed by atoms with van der Waals surface area (Å²) in [5.41, 5.74) is 1.74. The number of carbonyl (C=O) groups excluding carboxylic acids is 1. The zero-order valence-electron chi connectivity index (χ0n) is 15.8. The Kier molecular flexibility index (Phi) is 6.16. The minimum atomic E-state index is -0.662. The third kappa shape index (κ3) is 4.80. The smallest absolute Gasteiger partial charge is 0.261 e. The van der Waals surface area contributed by atoms with E-state index in [1.807, 2.05) is 31.2 Å². The van der Waals surface area contributed by atoms with Crippen molar-refractivity contribution in [3.05, 3.63) is 58.9 Å². The van der Waals surface area contributed by atoms with Gasteiger partial charge in [-0.2, -0.15) is 5.10 Å². The third-order valence-electron chi connectivity index (χ3n) is 4.12. The summed E-state index contributed by atoms with van der Waals surface area (Å²) in [6, 6.07) is 12.7. The molecule has 3 rings (SSSR count). The highest BCUT2D eigenvalue weighted by molar-refractivity contribution is 6.31. The van der Waals surface area contributed by atoms with Crippen LogP contribution in [0.25, 0.3) is 11.4 Å². The molecule has 1 aromatic heterocycles. The van der Waals surface area contributed by atoms with Gasteiger partial charge in [0.15, 0.2) is 11.9 Å². The summed E-state index contributed by atoms with van der Waals surface area (Å²) in [5, 5.41) is 10.4. The number of nitrogens with one attached hydrogen (secondary N) is 2.